The summed E-state index contributed by atoms with van der Waals surface area (Å²) in [5.41, 5.74) is 2.71. The number of hydrogen-bond donors (Lipinski definition) is 2. The van der Waals surface area contributed by atoms with Gasteiger partial charge in [0.25, 0.3) is 5.91 Å². The maximum absolute atomic E-state index is 12.3. The van der Waals surface area contributed by atoms with Crippen LogP contribution in [0.1, 0.15) is 24.5 Å². The molecule has 6 nitrogen and oxygen atoms in total. The first-order chi connectivity index (χ1) is 12.9. The number of benzene rings is 2. The van der Waals surface area contributed by atoms with Gasteiger partial charge in [0.05, 0.1) is 5.92 Å². The summed E-state index contributed by atoms with van der Waals surface area (Å²) in [4.78, 5) is 35.2. The lowest BCUT2D eigenvalue weighted by atomic mass is 9.98. The number of carbonyl (C=O) groups excluding carboxylic acids is 3. The Morgan fingerprint density at radius 1 is 1.15 bits per heavy atom. The SMILES string of the molecule is Cc1ccc(OC(C)C(=O)Nc2ccc(CC3CC(=O)NC3=O)cc2)cc1. The van der Waals surface area contributed by atoms with Gasteiger partial charge < -0.3 is 10.1 Å². The Bertz CT molecular complexity index is 843. The summed E-state index contributed by atoms with van der Waals surface area (Å²) in [7, 11) is 0. The van der Waals surface area contributed by atoms with Crippen molar-refractivity contribution in [3.05, 3.63) is 59.7 Å². The maximum Gasteiger partial charge on any atom is 0.265 e. The second-order valence-electron chi connectivity index (χ2n) is 6.78. The first-order valence-corrected chi connectivity index (χ1v) is 8.87. The monoisotopic (exact) mass is 366 g/mol. The molecule has 3 rings (SSSR count). The fourth-order valence-electron chi connectivity index (χ4n) is 2.90. The smallest absolute Gasteiger partial charge is 0.265 e. The van der Waals surface area contributed by atoms with Crippen LogP contribution in [0.3, 0.4) is 0 Å². The Hall–Kier alpha value is -3.15. The number of nitrogens with one attached hydrogen (secondary N) is 2. The lowest BCUT2D eigenvalue weighted by Gasteiger charge is -2.15. The third kappa shape index (κ3) is 4.94. The molecule has 2 atom stereocenters. The molecule has 6 heteroatoms. The third-order valence-corrected chi connectivity index (χ3v) is 4.47. The van der Waals surface area contributed by atoms with E-state index in [1.807, 2.05) is 43.3 Å². The molecule has 1 fully saturated rings. The van der Waals surface area contributed by atoms with E-state index >= 15 is 0 Å². The Kier molecular flexibility index (Phi) is 5.54. The highest BCUT2D eigenvalue weighted by molar-refractivity contribution is 6.03. The van der Waals surface area contributed by atoms with Crippen LogP contribution in [-0.2, 0) is 20.8 Å². The summed E-state index contributed by atoms with van der Waals surface area (Å²) < 4.78 is 5.65. The largest absolute Gasteiger partial charge is 0.481 e. The molecule has 2 aromatic carbocycles. The van der Waals surface area contributed by atoms with E-state index < -0.39 is 6.10 Å². The van der Waals surface area contributed by atoms with Crippen LogP contribution < -0.4 is 15.4 Å². The summed E-state index contributed by atoms with van der Waals surface area (Å²) in [6.45, 7) is 3.68. The molecule has 0 aromatic heterocycles. The van der Waals surface area contributed by atoms with Crippen LogP contribution >= 0.6 is 0 Å². The van der Waals surface area contributed by atoms with Crippen molar-refractivity contribution in [3.63, 3.8) is 0 Å². The first kappa shape index (κ1) is 18.6. The van der Waals surface area contributed by atoms with Gasteiger partial charge in [0.15, 0.2) is 6.10 Å². The minimum Gasteiger partial charge on any atom is -0.481 e. The van der Waals surface area contributed by atoms with Gasteiger partial charge in [0.2, 0.25) is 11.8 Å². The van der Waals surface area contributed by atoms with Crippen LogP contribution in [0.25, 0.3) is 0 Å². The Balaban J connectivity index is 1.54. The fraction of sp³-hybridized carbons (Fsp3) is 0.286. The lowest BCUT2D eigenvalue weighted by molar-refractivity contribution is -0.126. The molecule has 0 aliphatic carbocycles. The third-order valence-electron chi connectivity index (χ3n) is 4.47. The Labute approximate surface area is 157 Å². The van der Waals surface area contributed by atoms with Gasteiger partial charge in [-0.2, -0.15) is 0 Å². The zero-order valence-electron chi connectivity index (χ0n) is 15.3. The minimum absolute atomic E-state index is 0.223. The van der Waals surface area contributed by atoms with Crippen molar-refractivity contribution in [1.29, 1.82) is 0 Å². The number of rotatable bonds is 6. The topological polar surface area (TPSA) is 84.5 Å². The first-order valence-electron chi connectivity index (χ1n) is 8.87. The van der Waals surface area contributed by atoms with Gasteiger partial charge in [-0.25, -0.2) is 0 Å². The highest BCUT2D eigenvalue weighted by atomic mass is 16.5. The molecule has 1 saturated heterocycles. The number of carbonyl (C=O) groups is 3. The average Bonchev–Trinajstić information content (AvgIpc) is 2.95. The number of anilines is 1. The number of hydrogen-bond acceptors (Lipinski definition) is 4. The molecule has 1 aliphatic rings. The lowest BCUT2D eigenvalue weighted by Crippen LogP contribution is -2.30. The Morgan fingerprint density at radius 3 is 2.41 bits per heavy atom. The van der Waals surface area contributed by atoms with Crippen molar-refractivity contribution in [1.82, 2.24) is 5.32 Å². The molecule has 0 spiro atoms. The van der Waals surface area contributed by atoms with Gasteiger partial charge in [0.1, 0.15) is 5.75 Å². The number of amides is 3. The Morgan fingerprint density at radius 2 is 1.81 bits per heavy atom. The van der Waals surface area contributed by atoms with Crippen molar-refractivity contribution in [3.8, 4) is 5.75 Å². The number of aryl methyl sites for hydroxylation is 1. The molecule has 140 valence electrons. The van der Waals surface area contributed by atoms with Gasteiger partial charge in [-0.15, -0.1) is 0 Å². The van der Waals surface area contributed by atoms with E-state index in [-0.39, 0.29) is 30.1 Å². The van der Waals surface area contributed by atoms with Crippen LogP contribution in [0.4, 0.5) is 5.69 Å². The van der Waals surface area contributed by atoms with Crippen molar-refractivity contribution >= 4 is 23.4 Å². The molecule has 0 radical (unpaired) electrons. The van der Waals surface area contributed by atoms with E-state index in [0.717, 1.165) is 11.1 Å². The molecule has 2 aromatic rings. The second-order valence-corrected chi connectivity index (χ2v) is 6.78. The molecule has 2 N–H and O–H groups in total. The predicted octanol–water partition coefficient (Wildman–Crippen LogP) is 2.61. The van der Waals surface area contributed by atoms with Gasteiger partial charge in [-0.05, 0) is 50.1 Å². The van der Waals surface area contributed by atoms with E-state index in [2.05, 4.69) is 10.6 Å². The predicted molar refractivity (Wildman–Crippen MR) is 101 cm³/mol. The standard InChI is InChI=1S/C21H22N2O4/c1-13-3-9-18(10-4-13)27-14(2)20(25)22-17-7-5-15(6-8-17)11-16-12-19(24)23-21(16)26/h3-10,14,16H,11-12H2,1-2H3,(H,22,25)(H,23,24,26). The van der Waals surface area contributed by atoms with Crippen LogP contribution in [0.2, 0.25) is 0 Å². The highest BCUT2D eigenvalue weighted by Gasteiger charge is 2.30. The van der Waals surface area contributed by atoms with Gasteiger partial charge in [0, 0.05) is 12.1 Å². The highest BCUT2D eigenvalue weighted by Crippen LogP contribution is 2.19. The van der Waals surface area contributed by atoms with Crippen molar-refractivity contribution in [2.24, 2.45) is 5.92 Å². The average molecular weight is 366 g/mol. The summed E-state index contributed by atoms with van der Waals surface area (Å²) >= 11 is 0. The zero-order valence-corrected chi connectivity index (χ0v) is 15.3. The summed E-state index contributed by atoms with van der Waals surface area (Å²) in [5.74, 6) is -0.371. The molecule has 0 bridgehead atoms. The second kappa shape index (κ2) is 8.03. The summed E-state index contributed by atoms with van der Waals surface area (Å²) in [5, 5.41) is 5.12. The quantitative estimate of drug-likeness (QED) is 0.770. The molecule has 1 aliphatic heterocycles. The molecule has 1 heterocycles. The summed E-state index contributed by atoms with van der Waals surface area (Å²) in [6, 6.07) is 14.8. The number of imide groups is 1. The number of ether oxygens (including phenoxy) is 1. The van der Waals surface area contributed by atoms with Crippen molar-refractivity contribution in [2.75, 3.05) is 5.32 Å². The fourth-order valence-corrected chi connectivity index (χ4v) is 2.90. The van der Waals surface area contributed by atoms with Crippen molar-refractivity contribution in [2.45, 2.75) is 32.8 Å². The maximum atomic E-state index is 12.3. The van der Waals surface area contributed by atoms with Gasteiger partial charge >= 0.3 is 0 Å². The molecule has 3 amide bonds. The zero-order chi connectivity index (χ0) is 19.4. The van der Waals surface area contributed by atoms with Crippen molar-refractivity contribution < 1.29 is 19.1 Å². The van der Waals surface area contributed by atoms with E-state index in [1.165, 1.54) is 0 Å². The van der Waals surface area contributed by atoms with Gasteiger partial charge in [-0.1, -0.05) is 29.8 Å². The molecule has 27 heavy (non-hydrogen) atoms. The van der Waals surface area contributed by atoms with Gasteiger partial charge in [-0.3, -0.25) is 19.7 Å². The molecule has 0 saturated carbocycles. The van der Waals surface area contributed by atoms with E-state index in [1.54, 1.807) is 19.1 Å². The van der Waals surface area contributed by atoms with Crippen LogP contribution in [0.5, 0.6) is 5.75 Å². The van der Waals surface area contributed by atoms with E-state index in [9.17, 15) is 14.4 Å². The normalized spacial score (nSPS) is 17.3. The molecule has 2 unspecified atom stereocenters. The van der Waals surface area contributed by atoms with Crippen LogP contribution in [0, 0.1) is 12.8 Å². The molecular formula is C21H22N2O4. The van der Waals surface area contributed by atoms with Crippen LogP contribution in [0.15, 0.2) is 48.5 Å². The van der Waals surface area contributed by atoms with E-state index in [4.69, 9.17) is 4.74 Å². The molecular weight excluding hydrogens is 344 g/mol. The van der Waals surface area contributed by atoms with E-state index in [0.29, 0.717) is 17.9 Å². The summed E-state index contributed by atoms with van der Waals surface area (Å²) in [6.07, 6.45) is 0.0878. The minimum atomic E-state index is -0.638. The van der Waals surface area contributed by atoms with Crippen LogP contribution in [-0.4, -0.2) is 23.8 Å².